The van der Waals surface area contributed by atoms with Gasteiger partial charge in [-0.1, -0.05) is 0 Å². The Labute approximate surface area is 78.8 Å². The average molecular weight is 329 g/mol. The molecule has 1 aromatic rings. The molecule has 0 aliphatic rings. The quantitative estimate of drug-likeness (QED) is 0.726. The predicted molar refractivity (Wildman–Crippen MR) is 38.5 cm³/mol. The summed E-state index contributed by atoms with van der Waals surface area (Å²) in [6, 6.07) is 3.29. The van der Waals surface area contributed by atoms with Crippen molar-refractivity contribution in [1.82, 2.24) is 4.98 Å². The van der Waals surface area contributed by atoms with E-state index < -0.39 is 5.91 Å². The van der Waals surface area contributed by atoms with Gasteiger partial charge in [0.25, 0.3) is 0 Å². The fourth-order valence-electron chi connectivity index (χ4n) is 0.509. The van der Waals surface area contributed by atoms with E-state index in [0.29, 0.717) is 5.56 Å². The molecule has 0 saturated carbocycles. The number of hydrogen-bond donors (Lipinski definition) is 1. The first kappa shape index (κ1) is 9.54. The van der Waals surface area contributed by atoms with E-state index in [-0.39, 0.29) is 27.3 Å². The second-order valence-electron chi connectivity index (χ2n) is 1.61. The topological polar surface area (TPSA) is 56.0 Å². The SMILES string of the molecule is NC(=O)c1cccnc1.[Pb]. The smallest absolute Gasteiger partial charge is 0.250 e. The minimum absolute atomic E-state index is 0. The van der Waals surface area contributed by atoms with Gasteiger partial charge in [-0.2, -0.15) is 0 Å². The zero-order chi connectivity index (χ0) is 6.69. The molecule has 0 unspecified atom stereocenters. The zero-order valence-corrected chi connectivity index (χ0v) is 9.13. The van der Waals surface area contributed by atoms with Gasteiger partial charge in [0, 0.05) is 39.7 Å². The zero-order valence-electron chi connectivity index (χ0n) is 5.24. The molecular formula is C6H6N2OPb. The molecule has 50 valence electrons. The molecule has 3 nitrogen and oxygen atoms in total. The van der Waals surface area contributed by atoms with Gasteiger partial charge in [-0.25, -0.2) is 0 Å². The van der Waals surface area contributed by atoms with Gasteiger partial charge in [0.1, 0.15) is 0 Å². The van der Waals surface area contributed by atoms with Crippen LogP contribution in [0.1, 0.15) is 10.4 Å². The van der Waals surface area contributed by atoms with Crippen LogP contribution in [0.5, 0.6) is 0 Å². The van der Waals surface area contributed by atoms with E-state index in [9.17, 15) is 4.79 Å². The van der Waals surface area contributed by atoms with E-state index in [1.54, 1.807) is 18.3 Å². The maximum Gasteiger partial charge on any atom is 0.250 e. The monoisotopic (exact) mass is 330 g/mol. The third kappa shape index (κ3) is 2.42. The Morgan fingerprint density at radius 2 is 2.30 bits per heavy atom. The Balaban J connectivity index is 0.000000810. The molecule has 0 atom stereocenters. The van der Waals surface area contributed by atoms with Crippen LogP contribution in [0.4, 0.5) is 0 Å². The Morgan fingerprint density at radius 1 is 1.60 bits per heavy atom. The summed E-state index contributed by atoms with van der Waals surface area (Å²) in [5.41, 5.74) is 5.38. The number of aromatic nitrogens is 1. The summed E-state index contributed by atoms with van der Waals surface area (Å²) in [5.74, 6) is -0.442. The van der Waals surface area contributed by atoms with Crippen LogP contribution in [-0.4, -0.2) is 38.2 Å². The summed E-state index contributed by atoms with van der Waals surface area (Å²) < 4.78 is 0. The molecule has 1 rings (SSSR count). The Kier molecular flexibility index (Phi) is 4.17. The van der Waals surface area contributed by atoms with Gasteiger partial charge >= 0.3 is 0 Å². The van der Waals surface area contributed by atoms with E-state index in [4.69, 9.17) is 5.73 Å². The molecular weight excluding hydrogens is 323 g/mol. The van der Waals surface area contributed by atoms with Crippen molar-refractivity contribution in [3.63, 3.8) is 0 Å². The second kappa shape index (κ2) is 4.37. The summed E-state index contributed by atoms with van der Waals surface area (Å²) >= 11 is 0. The molecule has 0 saturated heterocycles. The van der Waals surface area contributed by atoms with Crippen molar-refractivity contribution >= 4 is 33.2 Å². The van der Waals surface area contributed by atoms with Crippen molar-refractivity contribution in [3.8, 4) is 0 Å². The van der Waals surface area contributed by atoms with E-state index in [0.717, 1.165) is 0 Å². The normalized spacial score (nSPS) is 8.00. The van der Waals surface area contributed by atoms with Crippen molar-refractivity contribution < 1.29 is 4.79 Å². The summed E-state index contributed by atoms with van der Waals surface area (Å²) in [6.45, 7) is 0. The number of nitrogens with two attached hydrogens (primary N) is 1. The molecule has 10 heavy (non-hydrogen) atoms. The molecule has 0 bridgehead atoms. The molecule has 1 aromatic heterocycles. The largest absolute Gasteiger partial charge is 0.366 e. The van der Waals surface area contributed by atoms with Gasteiger partial charge in [0.2, 0.25) is 5.91 Å². The standard InChI is InChI=1S/C6H6N2O.Pb/c7-6(9)5-2-1-3-8-4-5;/h1-4H,(H2,7,9);. The van der Waals surface area contributed by atoms with Crippen LogP contribution >= 0.6 is 0 Å². The molecule has 0 fully saturated rings. The van der Waals surface area contributed by atoms with Crippen LogP contribution in [0.2, 0.25) is 0 Å². The van der Waals surface area contributed by atoms with Crippen molar-refractivity contribution in [2.45, 2.75) is 0 Å². The molecule has 4 radical (unpaired) electrons. The van der Waals surface area contributed by atoms with Gasteiger partial charge in [-0.3, -0.25) is 9.78 Å². The predicted octanol–water partition coefficient (Wildman–Crippen LogP) is -0.200. The minimum Gasteiger partial charge on any atom is -0.366 e. The van der Waals surface area contributed by atoms with Crippen LogP contribution < -0.4 is 5.73 Å². The van der Waals surface area contributed by atoms with Crippen molar-refractivity contribution in [3.05, 3.63) is 30.1 Å². The first-order chi connectivity index (χ1) is 4.30. The second-order valence-corrected chi connectivity index (χ2v) is 1.61. The minimum atomic E-state index is -0.442. The Morgan fingerprint density at radius 3 is 2.60 bits per heavy atom. The fraction of sp³-hybridized carbons (Fsp3) is 0. The molecule has 4 heteroatoms. The molecule has 1 heterocycles. The van der Waals surface area contributed by atoms with Crippen LogP contribution in [0.15, 0.2) is 24.5 Å². The number of pyridine rings is 1. The maximum atomic E-state index is 10.4. The number of carbonyl (C=O) groups is 1. The summed E-state index contributed by atoms with van der Waals surface area (Å²) in [6.07, 6.45) is 3.02. The van der Waals surface area contributed by atoms with E-state index >= 15 is 0 Å². The van der Waals surface area contributed by atoms with E-state index in [1.807, 2.05) is 0 Å². The number of carbonyl (C=O) groups excluding carboxylic acids is 1. The Bertz CT molecular complexity index is 212. The molecule has 1 amide bonds. The van der Waals surface area contributed by atoms with Crippen LogP contribution in [0, 0.1) is 0 Å². The third-order valence-corrected chi connectivity index (χ3v) is 0.946. The van der Waals surface area contributed by atoms with Crippen molar-refractivity contribution in [2.24, 2.45) is 5.73 Å². The average Bonchev–Trinajstić information content (AvgIpc) is 1.90. The van der Waals surface area contributed by atoms with Gasteiger partial charge in [0.05, 0.1) is 5.56 Å². The van der Waals surface area contributed by atoms with Crippen LogP contribution in [0.25, 0.3) is 0 Å². The number of nitrogens with zero attached hydrogens (tertiary/aromatic N) is 1. The molecule has 0 aliphatic carbocycles. The summed E-state index contributed by atoms with van der Waals surface area (Å²) in [7, 11) is 0. The first-order valence-electron chi connectivity index (χ1n) is 2.50. The van der Waals surface area contributed by atoms with Crippen molar-refractivity contribution in [1.29, 1.82) is 0 Å². The van der Waals surface area contributed by atoms with Gasteiger partial charge in [0.15, 0.2) is 0 Å². The third-order valence-electron chi connectivity index (χ3n) is 0.946. The number of primary amides is 1. The number of rotatable bonds is 1. The van der Waals surface area contributed by atoms with Gasteiger partial charge < -0.3 is 5.73 Å². The van der Waals surface area contributed by atoms with Gasteiger partial charge in [-0.05, 0) is 12.1 Å². The Hall–Kier alpha value is -0.458. The number of hydrogen-bond acceptors (Lipinski definition) is 2. The van der Waals surface area contributed by atoms with Gasteiger partial charge in [-0.15, -0.1) is 0 Å². The first-order valence-corrected chi connectivity index (χ1v) is 2.50. The number of amides is 1. The molecule has 2 N–H and O–H groups in total. The van der Waals surface area contributed by atoms with Crippen LogP contribution in [0.3, 0.4) is 0 Å². The fourth-order valence-corrected chi connectivity index (χ4v) is 0.509. The summed E-state index contributed by atoms with van der Waals surface area (Å²) in [5, 5.41) is 0. The molecule has 0 aliphatic heterocycles. The van der Waals surface area contributed by atoms with Crippen LogP contribution in [-0.2, 0) is 0 Å². The molecule has 0 aromatic carbocycles. The maximum absolute atomic E-state index is 10.4. The molecule has 0 spiro atoms. The van der Waals surface area contributed by atoms with E-state index in [1.165, 1.54) is 6.20 Å². The summed E-state index contributed by atoms with van der Waals surface area (Å²) in [4.78, 5) is 14.1. The van der Waals surface area contributed by atoms with Crippen molar-refractivity contribution in [2.75, 3.05) is 0 Å². The van der Waals surface area contributed by atoms with E-state index in [2.05, 4.69) is 4.98 Å².